The van der Waals surface area contributed by atoms with Gasteiger partial charge in [-0.2, -0.15) is 0 Å². The number of phenolic OH excluding ortho intramolecular Hbond substituents is 1. The summed E-state index contributed by atoms with van der Waals surface area (Å²) in [6.07, 6.45) is 7.23. The van der Waals surface area contributed by atoms with Gasteiger partial charge in [0, 0.05) is 17.3 Å². The van der Waals surface area contributed by atoms with Crippen LogP contribution in [0.5, 0.6) is 5.75 Å². The average Bonchev–Trinajstić information content (AvgIpc) is 2.99. The molecule has 1 saturated heterocycles. The Morgan fingerprint density at radius 2 is 1.93 bits per heavy atom. The smallest absolute Gasteiger partial charge is 0.267 e. The van der Waals surface area contributed by atoms with E-state index >= 15 is 0 Å². The first-order valence-electron chi connectivity index (χ1n) is 9.65. The molecule has 1 N–H and O–H groups in total. The van der Waals surface area contributed by atoms with Crippen molar-refractivity contribution in [3.05, 3.63) is 58.6 Å². The van der Waals surface area contributed by atoms with Gasteiger partial charge in [-0.15, -0.1) is 0 Å². The van der Waals surface area contributed by atoms with Crippen LogP contribution in [0.4, 0.5) is 5.82 Å². The molecule has 0 atom stereocenters. The van der Waals surface area contributed by atoms with Crippen molar-refractivity contribution in [3.63, 3.8) is 0 Å². The predicted molar refractivity (Wildman–Crippen MR) is 113 cm³/mol. The molecule has 2 fully saturated rings. The minimum Gasteiger partial charge on any atom is -0.507 e. The minimum absolute atomic E-state index is 0.0356. The van der Waals surface area contributed by atoms with Crippen LogP contribution in [0.3, 0.4) is 0 Å². The van der Waals surface area contributed by atoms with Crippen molar-refractivity contribution in [1.29, 1.82) is 0 Å². The summed E-state index contributed by atoms with van der Waals surface area (Å²) in [5.41, 5.74) is 1.53. The van der Waals surface area contributed by atoms with Crippen molar-refractivity contribution >= 4 is 34.7 Å². The number of amides is 1. The fraction of sp³-hybridized carbons (Fsp3) is 0.318. The number of aromatic hydroxyl groups is 1. The number of para-hydroxylation sites is 1. The Hall–Kier alpha value is -2.60. The lowest BCUT2D eigenvalue weighted by molar-refractivity contribution is -0.124. The normalized spacial score (nSPS) is 21.0. The SMILES string of the molecule is Cc1cccc(/N=C2/S/C(=C\c3ccccc3O)C(=O)N2C2CCCCC2)n1. The van der Waals surface area contributed by atoms with Gasteiger partial charge in [0.25, 0.3) is 5.91 Å². The Morgan fingerprint density at radius 3 is 2.68 bits per heavy atom. The first-order valence-corrected chi connectivity index (χ1v) is 10.5. The Labute approximate surface area is 169 Å². The van der Waals surface area contributed by atoms with E-state index in [1.54, 1.807) is 24.3 Å². The number of nitrogens with zero attached hydrogens (tertiary/aromatic N) is 3. The summed E-state index contributed by atoms with van der Waals surface area (Å²) >= 11 is 1.36. The maximum atomic E-state index is 13.2. The second-order valence-electron chi connectivity index (χ2n) is 7.17. The van der Waals surface area contributed by atoms with E-state index in [0.29, 0.717) is 21.5 Å². The van der Waals surface area contributed by atoms with E-state index in [1.165, 1.54) is 18.2 Å². The molecule has 144 valence electrons. The van der Waals surface area contributed by atoms with Crippen LogP contribution >= 0.6 is 11.8 Å². The molecule has 1 aliphatic carbocycles. The van der Waals surface area contributed by atoms with Gasteiger partial charge >= 0.3 is 0 Å². The van der Waals surface area contributed by atoms with Crippen LogP contribution in [0.2, 0.25) is 0 Å². The molecule has 1 aromatic carbocycles. The van der Waals surface area contributed by atoms with E-state index in [0.717, 1.165) is 31.4 Å². The number of hydrogen-bond acceptors (Lipinski definition) is 5. The molecule has 2 aliphatic rings. The molecule has 1 saturated carbocycles. The van der Waals surface area contributed by atoms with Gasteiger partial charge in [0.15, 0.2) is 11.0 Å². The van der Waals surface area contributed by atoms with E-state index in [1.807, 2.05) is 36.1 Å². The molecule has 5 nitrogen and oxygen atoms in total. The maximum Gasteiger partial charge on any atom is 0.267 e. The summed E-state index contributed by atoms with van der Waals surface area (Å²) in [5, 5.41) is 10.8. The summed E-state index contributed by atoms with van der Waals surface area (Å²) in [6, 6.07) is 12.9. The van der Waals surface area contributed by atoms with Gasteiger partial charge in [0.05, 0.1) is 4.91 Å². The number of amidine groups is 1. The number of carbonyl (C=O) groups is 1. The van der Waals surface area contributed by atoms with E-state index in [-0.39, 0.29) is 17.7 Å². The number of aliphatic imine (C=N–C) groups is 1. The Bertz CT molecular complexity index is 948. The second kappa shape index (κ2) is 8.19. The van der Waals surface area contributed by atoms with Crippen molar-refractivity contribution in [1.82, 2.24) is 9.88 Å². The topological polar surface area (TPSA) is 65.8 Å². The Balaban J connectivity index is 1.72. The molecular weight excluding hydrogens is 370 g/mol. The standard InChI is InChI=1S/C22H23N3O2S/c1-15-8-7-13-20(23-15)24-22-25(17-10-3-2-4-11-17)21(27)19(28-22)14-16-9-5-6-12-18(16)26/h5-9,12-14,17,26H,2-4,10-11H2,1H3/b19-14-,24-22+. The van der Waals surface area contributed by atoms with E-state index in [4.69, 9.17) is 4.99 Å². The molecule has 0 unspecified atom stereocenters. The lowest BCUT2D eigenvalue weighted by atomic mass is 9.94. The van der Waals surface area contributed by atoms with Crippen molar-refractivity contribution in [2.75, 3.05) is 0 Å². The van der Waals surface area contributed by atoms with Crippen molar-refractivity contribution < 1.29 is 9.90 Å². The summed E-state index contributed by atoms with van der Waals surface area (Å²) < 4.78 is 0. The van der Waals surface area contributed by atoms with E-state index in [9.17, 15) is 9.90 Å². The number of aromatic nitrogens is 1. The van der Waals surface area contributed by atoms with Crippen LogP contribution in [0, 0.1) is 6.92 Å². The number of carbonyl (C=O) groups excluding carboxylic acids is 1. The highest BCUT2D eigenvalue weighted by Crippen LogP contribution is 2.39. The third-order valence-electron chi connectivity index (χ3n) is 5.08. The molecule has 0 spiro atoms. The largest absolute Gasteiger partial charge is 0.507 e. The highest BCUT2D eigenvalue weighted by molar-refractivity contribution is 8.18. The average molecular weight is 394 g/mol. The fourth-order valence-corrected chi connectivity index (χ4v) is 4.70. The van der Waals surface area contributed by atoms with Crippen LogP contribution in [-0.4, -0.2) is 32.1 Å². The molecule has 6 heteroatoms. The monoisotopic (exact) mass is 393 g/mol. The molecule has 1 aromatic heterocycles. The third kappa shape index (κ3) is 3.97. The number of thioether (sulfide) groups is 1. The molecule has 4 rings (SSSR count). The van der Waals surface area contributed by atoms with Gasteiger partial charge in [0.2, 0.25) is 0 Å². The fourth-order valence-electron chi connectivity index (χ4n) is 3.67. The van der Waals surface area contributed by atoms with Gasteiger partial charge < -0.3 is 5.11 Å². The number of pyridine rings is 1. The lowest BCUT2D eigenvalue weighted by Crippen LogP contribution is -2.40. The molecule has 2 aromatic rings. The molecule has 0 radical (unpaired) electrons. The highest BCUT2D eigenvalue weighted by atomic mass is 32.2. The first kappa shape index (κ1) is 18.7. The lowest BCUT2D eigenvalue weighted by Gasteiger charge is -2.30. The van der Waals surface area contributed by atoms with Crippen LogP contribution in [0.1, 0.15) is 43.4 Å². The molecule has 1 aliphatic heterocycles. The van der Waals surface area contributed by atoms with Gasteiger partial charge in [-0.25, -0.2) is 9.98 Å². The van der Waals surface area contributed by atoms with Gasteiger partial charge in [-0.1, -0.05) is 43.5 Å². The second-order valence-corrected chi connectivity index (χ2v) is 8.18. The molecule has 0 bridgehead atoms. The van der Waals surface area contributed by atoms with Gasteiger partial charge in [-0.05, 0) is 55.8 Å². The molecular formula is C22H23N3O2S. The quantitative estimate of drug-likeness (QED) is 0.743. The number of aryl methyl sites for hydroxylation is 1. The zero-order chi connectivity index (χ0) is 19.5. The van der Waals surface area contributed by atoms with Crippen molar-refractivity contribution in [2.45, 2.75) is 45.1 Å². The van der Waals surface area contributed by atoms with Crippen molar-refractivity contribution in [3.8, 4) is 5.75 Å². The molecule has 1 amide bonds. The zero-order valence-electron chi connectivity index (χ0n) is 15.8. The van der Waals surface area contributed by atoms with Crippen LogP contribution in [-0.2, 0) is 4.79 Å². The van der Waals surface area contributed by atoms with Gasteiger partial charge in [-0.3, -0.25) is 9.69 Å². The molecule has 2 heterocycles. The Kier molecular flexibility index (Phi) is 5.48. The summed E-state index contributed by atoms with van der Waals surface area (Å²) in [4.78, 5) is 24.8. The van der Waals surface area contributed by atoms with E-state index in [2.05, 4.69) is 4.98 Å². The minimum atomic E-state index is -0.0356. The summed E-state index contributed by atoms with van der Waals surface area (Å²) in [7, 11) is 0. The summed E-state index contributed by atoms with van der Waals surface area (Å²) in [5.74, 6) is 0.741. The number of benzene rings is 1. The first-order chi connectivity index (χ1) is 13.6. The summed E-state index contributed by atoms with van der Waals surface area (Å²) in [6.45, 7) is 1.93. The van der Waals surface area contributed by atoms with Crippen LogP contribution in [0.25, 0.3) is 6.08 Å². The Morgan fingerprint density at radius 1 is 1.14 bits per heavy atom. The van der Waals surface area contributed by atoms with E-state index < -0.39 is 0 Å². The maximum absolute atomic E-state index is 13.2. The van der Waals surface area contributed by atoms with Crippen LogP contribution < -0.4 is 0 Å². The van der Waals surface area contributed by atoms with Crippen molar-refractivity contribution in [2.24, 2.45) is 4.99 Å². The number of phenols is 1. The number of rotatable bonds is 3. The van der Waals surface area contributed by atoms with Crippen LogP contribution in [0.15, 0.2) is 52.4 Å². The predicted octanol–water partition coefficient (Wildman–Crippen LogP) is 5.03. The zero-order valence-corrected chi connectivity index (χ0v) is 16.7. The molecule has 28 heavy (non-hydrogen) atoms. The van der Waals surface area contributed by atoms with Gasteiger partial charge in [0.1, 0.15) is 5.75 Å². The number of hydrogen-bond donors (Lipinski definition) is 1. The highest BCUT2D eigenvalue weighted by Gasteiger charge is 2.38. The third-order valence-corrected chi connectivity index (χ3v) is 6.07.